The maximum absolute atomic E-state index is 12.9. The van der Waals surface area contributed by atoms with Crippen LogP contribution in [0, 0.1) is 0 Å². The van der Waals surface area contributed by atoms with Crippen molar-refractivity contribution in [3.63, 3.8) is 0 Å². The number of nitrogens with zero attached hydrogens (tertiary/aromatic N) is 1. The van der Waals surface area contributed by atoms with Crippen molar-refractivity contribution in [2.75, 3.05) is 0 Å². The summed E-state index contributed by atoms with van der Waals surface area (Å²) >= 11 is 0. The van der Waals surface area contributed by atoms with Crippen molar-refractivity contribution in [1.82, 2.24) is 4.57 Å². The van der Waals surface area contributed by atoms with E-state index in [2.05, 4.69) is 6.58 Å². The molecule has 0 radical (unpaired) electrons. The van der Waals surface area contributed by atoms with E-state index >= 15 is 0 Å². The maximum atomic E-state index is 12.9. The predicted octanol–water partition coefficient (Wildman–Crippen LogP) is 3.41. The molecule has 116 valence electrons. The highest BCUT2D eigenvalue weighted by atomic mass is 16.4. The first-order chi connectivity index (χ1) is 11.1. The molecule has 2 heterocycles. The third-order valence-electron chi connectivity index (χ3n) is 4.16. The Morgan fingerprint density at radius 3 is 2.57 bits per heavy atom. The van der Waals surface area contributed by atoms with E-state index in [9.17, 15) is 14.7 Å². The van der Waals surface area contributed by atoms with Gasteiger partial charge >= 0.3 is 5.97 Å². The highest BCUT2D eigenvalue weighted by Gasteiger charge is 2.28. The molecule has 0 bridgehead atoms. The molecule has 0 saturated heterocycles. The normalized spacial score (nSPS) is 12.7. The first kappa shape index (κ1) is 15.0. The molecule has 4 nitrogen and oxygen atoms in total. The molecule has 0 fully saturated rings. The summed E-state index contributed by atoms with van der Waals surface area (Å²) in [6, 6.07) is 9.07. The third-order valence-corrected chi connectivity index (χ3v) is 4.16. The molecule has 1 aliphatic heterocycles. The van der Waals surface area contributed by atoms with Crippen molar-refractivity contribution in [3.05, 3.63) is 71.1 Å². The second-order valence-electron chi connectivity index (χ2n) is 5.45. The molecule has 1 aromatic heterocycles. The molecule has 0 unspecified atom stereocenters. The fourth-order valence-electron chi connectivity index (χ4n) is 2.95. The molecule has 23 heavy (non-hydrogen) atoms. The van der Waals surface area contributed by atoms with Gasteiger partial charge < -0.3 is 9.67 Å². The molecule has 0 saturated carbocycles. The van der Waals surface area contributed by atoms with Crippen LogP contribution in [-0.2, 0) is 17.8 Å². The molecule has 3 rings (SSSR count). The molecule has 4 heteroatoms. The van der Waals surface area contributed by atoms with Gasteiger partial charge in [0, 0.05) is 12.1 Å². The monoisotopic (exact) mass is 307 g/mol. The van der Waals surface area contributed by atoms with Crippen LogP contribution in [0.3, 0.4) is 0 Å². The number of benzene rings is 1. The first-order valence-electron chi connectivity index (χ1n) is 7.50. The number of aryl methyl sites for hydroxylation is 1. The average Bonchev–Trinajstić information content (AvgIpc) is 3.12. The number of carbonyl (C=O) groups is 2. The van der Waals surface area contributed by atoms with Gasteiger partial charge in [0.15, 0.2) is 0 Å². The van der Waals surface area contributed by atoms with Crippen molar-refractivity contribution >= 4 is 23.4 Å². The summed E-state index contributed by atoms with van der Waals surface area (Å²) in [4.78, 5) is 24.2. The standard InChI is InChI=1S/C19H17NO3/c1-3-12-5-7-14(8-6-12)18(21)17-13(4-2)11-16-15(19(22)23)9-10-20(16)17/h3,5-9,11H,1,4,10H2,2H3,(H,22,23). The third kappa shape index (κ3) is 2.42. The Morgan fingerprint density at radius 1 is 1.30 bits per heavy atom. The second kappa shape index (κ2) is 5.72. The number of hydrogen-bond acceptors (Lipinski definition) is 2. The molecular formula is C19H17NO3. The van der Waals surface area contributed by atoms with Gasteiger partial charge in [-0.05, 0) is 29.7 Å². The lowest BCUT2D eigenvalue weighted by molar-refractivity contribution is -0.130. The lowest BCUT2D eigenvalue weighted by atomic mass is 10.0. The summed E-state index contributed by atoms with van der Waals surface area (Å²) in [5.41, 5.74) is 3.88. The van der Waals surface area contributed by atoms with Crippen LogP contribution in [0.1, 0.15) is 39.8 Å². The number of aromatic nitrogens is 1. The minimum Gasteiger partial charge on any atom is -0.478 e. The molecule has 1 aromatic carbocycles. The van der Waals surface area contributed by atoms with E-state index < -0.39 is 5.97 Å². The molecule has 2 aromatic rings. The van der Waals surface area contributed by atoms with Gasteiger partial charge in [0.25, 0.3) is 0 Å². The van der Waals surface area contributed by atoms with Gasteiger partial charge in [0.2, 0.25) is 5.78 Å². The molecule has 0 spiro atoms. The van der Waals surface area contributed by atoms with Crippen LogP contribution in [0.4, 0.5) is 0 Å². The number of carboxylic acid groups (broad SMARTS) is 1. The van der Waals surface area contributed by atoms with Gasteiger partial charge in [-0.15, -0.1) is 0 Å². The summed E-state index contributed by atoms with van der Waals surface area (Å²) in [6.07, 6.45) is 4.05. The minimum atomic E-state index is -0.960. The zero-order valence-electron chi connectivity index (χ0n) is 12.9. The fraction of sp³-hybridized carbons (Fsp3) is 0.158. The Kier molecular flexibility index (Phi) is 3.74. The molecule has 1 aliphatic rings. The zero-order valence-corrected chi connectivity index (χ0v) is 12.9. The van der Waals surface area contributed by atoms with Crippen molar-refractivity contribution in [2.45, 2.75) is 19.9 Å². The summed E-state index contributed by atoms with van der Waals surface area (Å²) < 4.78 is 1.80. The Hall–Kier alpha value is -2.88. The fourth-order valence-corrected chi connectivity index (χ4v) is 2.95. The lowest BCUT2D eigenvalue weighted by Gasteiger charge is -2.08. The van der Waals surface area contributed by atoms with E-state index in [4.69, 9.17) is 0 Å². The number of hydrogen-bond donors (Lipinski definition) is 1. The van der Waals surface area contributed by atoms with Crippen LogP contribution in [0.25, 0.3) is 11.6 Å². The van der Waals surface area contributed by atoms with Crippen molar-refractivity contribution in [1.29, 1.82) is 0 Å². The van der Waals surface area contributed by atoms with Gasteiger partial charge in [-0.1, -0.05) is 43.8 Å². The van der Waals surface area contributed by atoms with Crippen LogP contribution in [0.2, 0.25) is 0 Å². The summed E-state index contributed by atoms with van der Waals surface area (Å²) in [5, 5.41) is 9.27. The van der Waals surface area contributed by atoms with E-state index in [0.29, 0.717) is 29.9 Å². The predicted molar refractivity (Wildman–Crippen MR) is 89.4 cm³/mol. The second-order valence-corrected chi connectivity index (χ2v) is 5.45. The number of allylic oxidation sites excluding steroid dienone is 1. The Morgan fingerprint density at radius 2 is 2.00 bits per heavy atom. The highest BCUT2D eigenvalue weighted by Crippen LogP contribution is 2.30. The van der Waals surface area contributed by atoms with E-state index in [1.54, 1.807) is 28.9 Å². The van der Waals surface area contributed by atoms with Crippen LogP contribution in [-0.4, -0.2) is 21.4 Å². The van der Waals surface area contributed by atoms with Crippen molar-refractivity contribution in [3.8, 4) is 0 Å². The highest BCUT2D eigenvalue weighted by molar-refractivity contribution is 6.17. The van der Waals surface area contributed by atoms with E-state index in [1.807, 2.05) is 25.1 Å². The summed E-state index contributed by atoms with van der Waals surface area (Å²) in [6.45, 7) is 6.09. The van der Waals surface area contributed by atoms with Crippen molar-refractivity contribution in [2.24, 2.45) is 0 Å². The molecule has 0 atom stereocenters. The van der Waals surface area contributed by atoms with Gasteiger partial charge in [0.05, 0.1) is 17.0 Å². The molecular weight excluding hydrogens is 290 g/mol. The summed E-state index contributed by atoms with van der Waals surface area (Å²) in [5.74, 6) is -1.04. The van der Waals surface area contributed by atoms with E-state index in [0.717, 1.165) is 11.1 Å². The number of ketones is 1. The quantitative estimate of drug-likeness (QED) is 0.861. The molecule has 0 amide bonds. The van der Waals surface area contributed by atoms with Crippen LogP contribution < -0.4 is 0 Å². The maximum Gasteiger partial charge on any atom is 0.337 e. The molecule has 0 aliphatic carbocycles. The lowest BCUT2D eigenvalue weighted by Crippen LogP contribution is -2.11. The number of rotatable bonds is 5. The number of aliphatic carboxylic acids is 1. The van der Waals surface area contributed by atoms with Crippen LogP contribution >= 0.6 is 0 Å². The Labute approximate surface area is 134 Å². The van der Waals surface area contributed by atoms with Gasteiger partial charge in [0.1, 0.15) is 0 Å². The first-order valence-corrected chi connectivity index (χ1v) is 7.50. The average molecular weight is 307 g/mol. The van der Waals surface area contributed by atoms with Gasteiger partial charge in [-0.3, -0.25) is 4.79 Å². The Bertz CT molecular complexity index is 838. The Balaban J connectivity index is 2.06. The molecule has 1 N–H and O–H groups in total. The SMILES string of the molecule is C=Cc1ccc(C(=O)c2c(CC)cc3n2CC=C3C(=O)O)cc1. The van der Waals surface area contributed by atoms with Gasteiger partial charge in [-0.2, -0.15) is 0 Å². The number of carboxylic acids is 1. The smallest absolute Gasteiger partial charge is 0.337 e. The van der Waals surface area contributed by atoms with Gasteiger partial charge in [-0.25, -0.2) is 4.79 Å². The summed E-state index contributed by atoms with van der Waals surface area (Å²) in [7, 11) is 0. The van der Waals surface area contributed by atoms with Crippen LogP contribution in [0.5, 0.6) is 0 Å². The van der Waals surface area contributed by atoms with Crippen molar-refractivity contribution < 1.29 is 14.7 Å². The van der Waals surface area contributed by atoms with E-state index in [1.165, 1.54) is 0 Å². The number of fused-ring (bicyclic) bond motifs is 1. The zero-order chi connectivity index (χ0) is 16.6. The van der Waals surface area contributed by atoms with Crippen LogP contribution in [0.15, 0.2) is 43.0 Å². The number of carbonyl (C=O) groups excluding carboxylic acids is 1. The minimum absolute atomic E-state index is 0.0799. The largest absolute Gasteiger partial charge is 0.478 e. The topological polar surface area (TPSA) is 59.3 Å². The van der Waals surface area contributed by atoms with E-state index in [-0.39, 0.29) is 11.4 Å².